The molecule has 106 valence electrons. The Hall–Kier alpha value is -1.54. The van der Waals surface area contributed by atoms with E-state index in [2.05, 4.69) is 37.4 Å². The highest BCUT2D eigenvalue weighted by atomic mass is 16.3. The molecule has 0 amide bonds. The van der Waals surface area contributed by atoms with Gasteiger partial charge in [0.15, 0.2) is 0 Å². The molecule has 1 heterocycles. The molecule has 0 saturated carbocycles. The molecule has 0 radical (unpaired) electrons. The zero-order valence-corrected chi connectivity index (χ0v) is 12.8. The first kappa shape index (κ1) is 13.4. The maximum absolute atomic E-state index is 5.80. The highest BCUT2D eigenvalue weighted by Gasteiger charge is 2.22. The minimum Gasteiger partial charge on any atom is -0.466 e. The van der Waals surface area contributed by atoms with E-state index >= 15 is 0 Å². The third-order valence-electron chi connectivity index (χ3n) is 4.65. The van der Waals surface area contributed by atoms with Crippen molar-refractivity contribution in [2.24, 2.45) is 0 Å². The highest BCUT2D eigenvalue weighted by molar-refractivity contribution is 5.44. The van der Waals surface area contributed by atoms with E-state index in [1.165, 1.54) is 47.1 Å². The van der Waals surface area contributed by atoms with Crippen molar-refractivity contribution in [3.05, 3.63) is 57.5 Å². The zero-order valence-electron chi connectivity index (χ0n) is 12.8. The van der Waals surface area contributed by atoms with Gasteiger partial charge in [0, 0.05) is 5.56 Å². The molecule has 0 spiro atoms. The molecular weight excluding hydrogens is 246 g/mol. The van der Waals surface area contributed by atoms with Crippen LogP contribution in [0.4, 0.5) is 0 Å². The summed E-state index contributed by atoms with van der Waals surface area (Å²) in [6.07, 6.45) is 3.76. The Bertz CT molecular complexity index is 639. The molecular formula is C18H23NO. The van der Waals surface area contributed by atoms with Crippen molar-refractivity contribution < 1.29 is 4.42 Å². The normalized spacial score (nSPS) is 15.4. The molecule has 3 rings (SSSR count). The molecule has 0 bridgehead atoms. The number of fused-ring (bicyclic) bond motifs is 1. The molecule has 2 aromatic rings. The van der Waals surface area contributed by atoms with Crippen molar-refractivity contribution in [2.75, 3.05) is 7.05 Å². The molecule has 1 N–H and O–H groups in total. The van der Waals surface area contributed by atoms with Gasteiger partial charge in [-0.05, 0) is 69.3 Å². The lowest BCUT2D eigenvalue weighted by Gasteiger charge is -2.18. The Kier molecular flexibility index (Phi) is 3.43. The third-order valence-corrected chi connectivity index (χ3v) is 4.65. The zero-order chi connectivity index (χ0) is 14.3. The molecule has 1 aromatic heterocycles. The van der Waals surface area contributed by atoms with Crippen LogP contribution in [0.15, 0.2) is 22.6 Å². The minimum absolute atomic E-state index is 0.221. The largest absolute Gasteiger partial charge is 0.466 e. The van der Waals surface area contributed by atoms with E-state index in [-0.39, 0.29) is 6.04 Å². The number of aryl methyl sites for hydroxylation is 4. The SMILES string of the molecule is CNC(c1ccc2c(c1)CCC2)c1c(C)oc(C)c1C. The van der Waals surface area contributed by atoms with Gasteiger partial charge in [-0.15, -0.1) is 0 Å². The summed E-state index contributed by atoms with van der Waals surface area (Å²) in [5.41, 5.74) is 6.96. The molecule has 0 aliphatic heterocycles. The predicted octanol–water partition coefficient (Wildman–Crippen LogP) is 4.00. The second-order valence-electron chi connectivity index (χ2n) is 5.86. The van der Waals surface area contributed by atoms with E-state index in [1.807, 2.05) is 14.0 Å². The molecule has 0 saturated heterocycles. The number of hydrogen-bond acceptors (Lipinski definition) is 2. The fourth-order valence-electron chi connectivity index (χ4n) is 3.48. The van der Waals surface area contributed by atoms with Crippen molar-refractivity contribution in [1.29, 1.82) is 0 Å². The number of nitrogens with one attached hydrogen (secondary N) is 1. The van der Waals surface area contributed by atoms with Crippen LogP contribution in [0, 0.1) is 20.8 Å². The number of benzene rings is 1. The van der Waals surface area contributed by atoms with Crippen LogP contribution in [-0.2, 0) is 12.8 Å². The van der Waals surface area contributed by atoms with Crippen LogP contribution in [0.2, 0.25) is 0 Å². The maximum Gasteiger partial charge on any atom is 0.106 e. The molecule has 2 nitrogen and oxygen atoms in total. The summed E-state index contributed by atoms with van der Waals surface area (Å²) in [6.45, 7) is 6.26. The van der Waals surface area contributed by atoms with Gasteiger partial charge in [0.1, 0.15) is 11.5 Å². The number of furan rings is 1. The summed E-state index contributed by atoms with van der Waals surface area (Å²) in [6, 6.07) is 7.18. The van der Waals surface area contributed by atoms with E-state index in [4.69, 9.17) is 4.42 Å². The van der Waals surface area contributed by atoms with Crippen molar-refractivity contribution >= 4 is 0 Å². The van der Waals surface area contributed by atoms with Gasteiger partial charge < -0.3 is 9.73 Å². The lowest BCUT2D eigenvalue weighted by Crippen LogP contribution is -2.19. The van der Waals surface area contributed by atoms with E-state index in [9.17, 15) is 0 Å². The summed E-state index contributed by atoms with van der Waals surface area (Å²) < 4.78 is 5.80. The molecule has 20 heavy (non-hydrogen) atoms. The average Bonchev–Trinajstić information content (AvgIpc) is 2.99. The molecule has 1 aromatic carbocycles. The van der Waals surface area contributed by atoms with Gasteiger partial charge in [-0.3, -0.25) is 0 Å². The Morgan fingerprint density at radius 1 is 1.05 bits per heavy atom. The summed E-state index contributed by atoms with van der Waals surface area (Å²) >= 11 is 0. The molecule has 1 aliphatic rings. The summed E-state index contributed by atoms with van der Waals surface area (Å²) in [5, 5.41) is 3.46. The van der Waals surface area contributed by atoms with Crippen LogP contribution in [0.3, 0.4) is 0 Å². The van der Waals surface area contributed by atoms with Gasteiger partial charge in [0.2, 0.25) is 0 Å². The summed E-state index contributed by atoms with van der Waals surface area (Å²) in [7, 11) is 2.03. The number of rotatable bonds is 3. The molecule has 1 aliphatic carbocycles. The Morgan fingerprint density at radius 2 is 1.80 bits per heavy atom. The lowest BCUT2D eigenvalue weighted by molar-refractivity contribution is 0.495. The van der Waals surface area contributed by atoms with Crippen LogP contribution < -0.4 is 5.32 Å². The van der Waals surface area contributed by atoms with E-state index in [1.54, 1.807) is 0 Å². The van der Waals surface area contributed by atoms with Gasteiger partial charge in [-0.25, -0.2) is 0 Å². The summed E-state index contributed by atoms with van der Waals surface area (Å²) in [5.74, 6) is 2.05. The standard InChI is InChI=1S/C18H23NO/c1-11-12(2)20-13(3)17(11)18(19-4)16-9-8-14-6-5-7-15(14)10-16/h8-10,18-19H,5-7H2,1-4H3. The predicted molar refractivity (Wildman–Crippen MR) is 82.3 cm³/mol. The first-order chi connectivity index (χ1) is 9.61. The van der Waals surface area contributed by atoms with Crippen molar-refractivity contribution in [3.8, 4) is 0 Å². The lowest BCUT2D eigenvalue weighted by atomic mass is 9.93. The molecule has 1 atom stereocenters. The van der Waals surface area contributed by atoms with Crippen molar-refractivity contribution in [1.82, 2.24) is 5.32 Å². The average molecular weight is 269 g/mol. The van der Waals surface area contributed by atoms with Crippen LogP contribution >= 0.6 is 0 Å². The van der Waals surface area contributed by atoms with Crippen LogP contribution in [0.25, 0.3) is 0 Å². The third kappa shape index (κ3) is 2.08. The second kappa shape index (κ2) is 5.10. The first-order valence-electron chi connectivity index (χ1n) is 7.47. The number of hydrogen-bond donors (Lipinski definition) is 1. The topological polar surface area (TPSA) is 25.2 Å². The minimum atomic E-state index is 0.221. The van der Waals surface area contributed by atoms with E-state index in [0.29, 0.717) is 0 Å². The van der Waals surface area contributed by atoms with Gasteiger partial charge in [0.05, 0.1) is 6.04 Å². The quantitative estimate of drug-likeness (QED) is 0.911. The van der Waals surface area contributed by atoms with E-state index < -0.39 is 0 Å². The van der Waals surface area contributed by atoms with Crippen LogP contribution in [0.5, 0.6) is 0 Å². The maximum atomic E-state index is 5.80. The van der Waals surface area contributed by atoms with Gasteiger partial charge in [-0.1, -0.05) is 18.2 Å². The molecule has 0 fully saturated rings. The Balaban J connectivity index is 2.06. The Morgan fingerprint density at radius 3 is 2.45 bits per heavy atom. The highest BCUT2D eigenvalue weighted by Crippen LogP contribution is 2.33. The first-order valence-corrected chi connectivity index (χ1v) is 7.47. The summed E-state index contributed by atoms with van der Waals surface area (Å²) in [4.78, 5) is 0. The molecule has 2 heteroatoms. The smallest absolute Gasteiger partial charge is 0.106 e. The molecule has 1 unspecified atom stereocenters. The second-order valence-corrected chi connectivity index (χ2v) is 5.86. The fraction of sp³-hybridized carbons (Fsp3) is 0.444. The fourth-order valence-corrected chi connectivity index (χ4v) is 3.48. The van der Waals surface area contributed by atoms with Gasteiger partial charge in [-0.2, -0.15) is 0 Å². The monoisotopic (exact) mass is 269 g/mol. The van der Waals surface area contributed by atoms with Crippen molar-refractivity contribution in [3.63, 3.8) is 0 Å². The van der Waals surface area contributed by atoms with Gasteiger partial charge >= 0.3 is 0 Å². The van der Waals surface area contributed by atoms with E-state index in [0.717, 1.165) is 11.5 Å². The van der Waals surface area contributed by atoms with Crippen molar-refractivity contribution in [2.45, 2.75) is 46.1 Å². The van der Waals surface area contributed by atoms with Crippen LogP contribution in [0.1, 0.15) is 51.8 Å². The van der Waals surface area contributed by atoms with Gasteiger partial charge in [0.25, 0.3) is 0 Å². The van der Waals surface area contributed by atoms with Crippen LogP contribution in [-0.4, -0.2) is 7.05 Å². The Labute approximate surface area is 121 Å².